The van der Waals surface area contributed by atoms with E-state index in [9.17, 15) is 22.4 Å². The molecule has 10 heteroatoms. The lowest BCUT2D eigenvalue weighted by Crippen LogP contribution is -2.38. The van der Waals surface area contributed by atoms with Crippen LogP contribution in [-0.4, -0.2) is 49.5 Å². The van der Waals surface area contributed by atoms with Crippen molar-refractivity contribution < 1.29 is 27.1 Å². The molecule has 2 heterocycles. The van der Waals surface area contributed by atoms with Crippen molar-refractivity contribution in [2.75, 3.05) is 26.2 Å². The maximum Gasteiger partial charge on any atom is 0.340 e. The number of piperidine rings is 1. The van der Waals surface area contributed by atoms with Crippen molar-refractivity contribution in [2.24, 2.45) is 5.92 Å². The number of nitrogens with zero attached hydrogens (tertiary/aromatic N) is 1. The standard InChI is InChI=1S/C15H19F4N3O2.ClH/c16-14(17)15(18,19)9-24-12-4-3-11(8-21-12)13(23)22-7-10-2-1-5-20-6-10;/h3-4,8,10,14,20H,1-2,5-7,9H2,(H,22,23);1H. The lowest BCUT2D eigenvalue weighted by Gasteiger charge is -2.22. The zero-order valence-electron chi connectivity index (χ0n) is 13.3. The van der Waals surface area contributed by atoms with Crippen LogP contribution in [0.5, 0.6) is 5.88 Å². The van der Waals surface area contributed by atoms with Crippen LogP contribution >= 0.6 is 12.4 Å². The molecule has 0 bridgehead atoms. The Labute approximate surface area is 148 Å². The molecule has 0 radical (unpaired) electrons. The third-order valence-electron chi connectivity index (χ3n) is 3.68. The van der Waals surface area contributed by atoms with E-state index < -0.39 is 19.0 Å². The molecule has 5 nitrogen and oxygen atoms in total. The molecule has 1 fully saturated rings. The lowest BCUT2D eigenvalue weighted by atomic mass is 10.00. The first kappa shape index (κ1) is 21.4. The van der Waals surface area contributed by atoms with Crippen LogP contribution in [0.4, 0.5) is 17.6 Å². The molecule has 1 aliphatic rings. The molecular weight excluding hydrogens is 366 g/mol. The number of amides is 1. The first-order valence-electron chi connectivity index (χ1n) is 7.62. The summed E-state index contributed by atoms with van der Waals surface area (Å²) in [7, 11) is 0. The largest absolute Gasteiger partial charge is 0.471 e. The van der Waals surface area contributed by atoms with Crippen molar-refractivity contribution in [3.8, 4) is 5.88 Å². The van der Waals surface area contributed by atoms with Gasteiger partial charge in [0, 0.05) is 18.8 Å². The summed E-state index contributed by atoms with van der Waals surface area (Å²) < 4.78 is 54.1. The predicted molar refractivity (Wildman–Crippen MR) is 85.9 cm³/mol. The van der Waals surface area contributed by atoms with Gasteiger partial charge >= 0.3 is 12.3 Å². The van der Waals surface area contributed by atoms with Crippen molar-refractivity contribution in [3.63, 3.8) is 0 Å². The number of nitrogens with one attached hydrogen (secondary N) is 2. The van der Waals surface area contributed by atoms with Crippen molar-refractivity contribution in [1.29, 1.82) is 0 Å². The monoisotopic (exact) mass is 385 g/mol. The highest BCUT2D eigenvalue weighted by atomic mass is 35.5. The highest BCUT2D eigenvalue weighted by molar-refractivity contribution is 5.93. The molecule has 1 aromatic heterocycles. The Morgan fingerprint density at radius 2 is 2.20 bits per heavy atom. The summed E-state index contributed by atoms with van der Waals surface area (Å²) in [5.41, 5.74) is 0.242. The van der Waals surface area contributed by atoms with E-state index >= 15 is 0 Å². The van der Waals surface area contributed by atoms with Crippen molar-refractivity contribution >= 4 is 18.3 Å². The second-order valence-electron chi connectivity index (χ2n) is 5.66. The fraction of sp³-hybridized carbons (Fsp3) is 0.600. The Bertz CT molecular complexity index is 540. The molecule has 25 heavy (non-hydrogen) atoms. The zero-order valence-corrected chi connectivity index (χ0v) is 14.1. The van der Waals surface area contributed by atoms with E-state index in [2.05, 4.69) is 20.4 Å². The van der Waals surface area contributed by atoms with Crippen LogP contribution in [-0.2, 0) is 0 Å². The van der Waals surface area contributed by atoms with Crippen molar-refractivity contribution in [3.05, 3.63) is 23.9 Å². The fourth-order valence-electron chi connectivity index (χ4n) is 2.27. The average molecular weight is 386 g/mol. The van der Waals surface area contributed by atoms with Crippen molar-refractivity contribution in [1.82, 2.24) is 15.6 Å². The number of ether oxygens (including phenoxy) is 1. The van der Waals surface area contributed by atoms with Gasteiger partial charge in [-0.3, -0.25) is 4.79 Å². The van der Waals surface area contributed by atoms with Gasteiger partial charge in [-0.2, -0.15) is 8.78 Å². The van der Waals surface area contributed by atoms with E-state index in [0.717, 1.165) is 32.1 Å². The maximum atomic E-state index is 12.7. The minimum atomic E-state index is -4.24. The van der Waals surface area contributed by atoms with Crippen LogP contribution in [0.2, 0.25) is 0 Å². The van der Waals surface area contributed by atoms with Crippen LogP contribution in [0, 0.1) is 5.92 Å². The molecule has 2 N–H and O–H groups in total. The number of hydrogen-bond donors (Lipinski definition) is 2. The third-order valence-corrected chi connectivity index (χ3v) is 3.68. The minimum Gasteiger partial charge on any atom is -0.471 e. The lowest BCUT2D eigenvalue weighted by molar-refractivity contribution is -0.148. The topological polar surface area (TPSA) is 63.2 Å². The van der Waals surface area contributed by atoms with Crippen LogP contribution in [0.3, 0.4) is 0 Å². The Kier molecular flexibility index (Phi) is 8.37. The quantitative estimate of drug-likeness (QED) is 0.708. The molecule has 0 aromatic carbocycles. The molecule has 0 aliphatic carbocycles. The second-order valence-corrected chi connectivity index (χ2v) is 5.66. The molecule has 1 unspecified atom stereocenters. The zero-order chi connectivity index (χ0) is 17.6. The predicted octanol–water partition coefficient (Wildman–Crippen LogP) is 2.51. The number of rotatable bonds is 7. The van der Waals surface area contributed by atoms with Gasteiger partial charge in [0.2, 0.25) is 5.88 Å². The molecule has 0 spiro atoms. The van der Waals surface area contributed by atoms with Crippen LogP contribution in [0.1, 0.15) is 23.2 Å². The maximum absolute atomic E-state index is 12.7. The molecule has 1 saturated heterocycles. The summed E-state index contributed by atoms with van der Waals surface area (Å²) in [6, 6.07) is 2.54. The second kappa shape index (κ2) is 9.76. The van der Waals surface area contributed by atoms with Crippen LogP contribution < -0.4 is 15.4 Å². The van der Waals surface area contributed by atoms with Gasteiger partial charge in [0.25, 0.3) is 5.91 Å². The van der Waals surface area contributed by atoms with Gasteiger partial charge in [-0.05, 0) is 37.9 Å². The Hall–Kier alpha value is -1.61. The van der Waals surface area contributed by atoms with Gasteiger partial charge in [-0.25, -0.2) is 13.8 Å². The van der Waals surface area contributed by atoms with E-state index in [4.69, 9.17) is 0 Å². The number of pyridine rings is 1. The Morgan fingerprint density at radius 1 is 1.44 bits per heavy atom. The first-order chi connectivity index (χ1) is 11.4. The molecule has 1 aliphatic heterocycles. The number of carbonyl (C=O) groups is 1. The van der Waals surface area contributed by atoms with E-state index in [1.807, 2.05) is 0 Å². The summed E-state index contributed by atoms with van der Waals surface area (Å²) in [4.78, 5) is 15.7. The number of halogens is 5. The summed E-state index contributed by atoms with van der Waals surface area (Å²) >= 11 is 0. The summed E-state index contributed by atoms with van der Waals surface area (Å²) in [6.45, 7) is 0.896. The summed E-state index contributed by atoms with van der Waals surface area (Å²) in [6.07, 6.45) is -0.546. The number of carbonyl (C=O) groups excluding carboxylic acids is 1. The van der Waals surface area contributed by atoms with Crippen LogP contribution in [0.15, 0.2) is 18.3 Å². The van der Waals surface area contributed by atoms with Crippen LogP contribution in [0.25, 0.3) is 0 Å². The smallest absolute Gasteiger partial charge is 0.340 e. The molecule has 142 valence electrons. The molecular formula is C15H20ClF4N3O2. The highest BCUT2D eigenvalue weighted by Crippen LogP contribution is 2.23. The van der Waals surface area contributed by atoms with Gasteiger partial charge in [-0.1, -0.05) is 0 Å². The Morgan fingerprint density at radius 3 is 2.76 bits per heavy atom. The van der Waals surface area contributed by atoms with Gasteiger partial charge in [-0.15, -0.1) is 12.4 Å². The van der Waals surface area contributed by atoms with Gasteiger partial charge < -0.3 is 15.4 Å². The van der Waals surface area contributed by atoms with Gasteiger partial charge in [0.15, 0.2) is 6.61 Å². The summed E-state index contributed by atoms with van der Waals surface area (Å²) in [5.74, 6) is -4.46. The van der Waals surface area contributed by atoms with E-state index in [1.54, 1.807) is 0 Å². The third kappa shape index (κ3) is 6.66. The Balaban J connectivity index is 0.00000312. The highest BCUT2D eigenvalue weighted by Gasteiger charge is 2.41. The van der Waals surface area contributed by atoms with E-state index in [1.165, 1.54) is 12.1 Å². The van der Waals surface area contributed by atoms with E-state index in [0.29, 0.717) is 12.5 Å². The SMILES string of the molecule is Cl.O=C(NCC1CCCNC1)c1ccc(OCC(F)(F)C(F)F)nc1. The minimum absolute atomic E-state index is 0. The molecule has 1 atom stereocenters. The fourth-order valence-corrected chi connectivity index (χ4v) is 2.27. The average Bonchev–Trinajstić information content (AvgIpc) is 2.59. The molecule has 2 rings (SSSR count). The molecule has 1 aromatic rings. The number of hydrogen-bond acceptors (Lipinski definition) is 4. The number of alkyl halides is 4. The molecule has 0 saturated carbocycles. The van der Waals surface area contributed by atoms with Gasteiger partial charge in [0.1, 0.15) is 0 Å². The molecule has 1 amide bonds. The van der Waals surface area contributed by atoms with Gasteiger partial charge in [0.05, 0.1) is 5.56 Å². The first-order valence-corrected chi connectivity index (χ1v) is 7.62. The number of aromatic nitrogens is 1. The normalized spacial score (nSPS) is 17.7. The van der Waals surface area contributed by atoms with E-state index in [-0.39, 0.29) is 29.8 Å². The summed E-state index contributed by atoms with van der Waals surface area (Å²) in [5, 5.41) is 6.03. The van der Waals surface area contributed by atoms with Crippen molar-refractivity contribution in [2.45, 2.75) is 25.2 Å².